The van der Waals surface area contributed by atoms with Gasteiger partial charge in [0.25, 0.3) is 0 Å². The summed E-state index contributed by atoms with van der Waals surface area (Å²) in [5.74, 6) is 0. The van der Waals surface area contributed by atoms with Crippen LogP contribution < -0.4 is 0 Å². The fourth-order valence-electron chi connectivity index (χ4n) is 0.966. The SMILES string of the molecule is C1COS2(OC1)OCCCO2.CC. The first-order chi connectivity index (χ1) is 6.41. The lowest BCUT2D eigenvalue weighted by Crippen LogP contribution is -2.26. The minimum Gasteiger partial charge on any atom is -0.271 e. The first-order valence-corrected chi connectivity index (χ1v) is 6.15. The van der Waals surface area contributed by atoms with Crippen LogP contribution in [0.25, 0.3) is 0 Å². The third kappa shape index (κ3) is 3.11. The molecule has 0 radical (unpaired) electrons. The van der Waals surface area contributed by atoms with E-state index in [1.807, 2.05) is 13.8 Å². The van der Waals surface area contributed by atoms with Crippen molar-refractivity contribution in [1.29, 1.82) is 0 Å². The Hall–Kier alpha value is 0.190. The van der Waals surface area contributed by atoms with Gasteiger partial charge in [-0.15, -0.1) is 0 Å². The van der Waals surface area contributed by atoms with E-state index >= 15 is 0 Å². The van der Waals surface area contributed by atoms with E-state index < -0.39 is 11.2 Å². The molecule has 0 bridgehead atoms. The Balaban J connectivity index is 0.000000396. The molecule has 80 valence electrons. The Kier molecular flexibility index (Phi) is 5.05. The van der Waals surface area contributed by atoms with Crippen molar-refractivity contribution in [3.05, 3.63) is 0 Å². The van der Waals surface area contributed by atoms with Crippen LogP contribution in [-0.2, 0) is 16.7 Å². The smallest absolute Gasteiger partial charge is 0.224 e. The van der Waals surface area contributed by atoms with Gasteiger partial charge in [0.05, 0.1) is 26.4 Å². The third-order valence-electron chi connectivity index (χ3n) is 1.49. The van der Waals surface area contributed by atoms with Crippen LogP contribution in [-0.4, -0.2) is 26.4 Å². The van der Waals surface area contributed by atoms with Crippen molar-refractivity contribution in [1.82, 2.24) is 0 Å². The molecule has 0 amide bonds. The fraction of sp³-hybridized carbons (Fsp3) is 1.00. The van der Waals surface area contributed by atoms with E-state index in [-0.39, 0.29) is 0 Å². The van der Waals surface area contributed by atoms with Gasteiger partial charge in [-0.2, -0.15) is 0 Å². The topological polar surface area (TPSA) is 36.9 Å². The van der Waals surface area contributed by atoms with Crippen molar-refractivity contribution >= 4 is 11.2 Å². The van der Waals surface area contributed by atoms with Crippen LogP contribution in [0, 0.1) is 0 Å². The largest absolute Gasteiger partial charge is 0.271 e. The molecule has 2 fully saturated rings. The van der Waals surface area contributed by atoms with Gasteiger partial charge in [0, 0.05) is 0 Å². The van der Waals surface area contributed by atoms with Crippen molar-refractivity contribution in [2.45, 2.75) is 26.7 Å². The number of hydrogen-bond acceptors (Lipinski definition) is 4. The number of rotatable bonds is 0. The second-order valence-electron chi connectivity index (χ2n) is 2.40. The van der Waals surface area contributed by atoms with E-state index in [1.165, 1.54) is 0 Å². The van der Waals surface area contributed by atoms with Crippen LogP contribution in [0.15, 0.2) is 0 Å². The van der Waals surface area contributed by atoms with Gasteiger partial charge in [0.1, 0.15) is 0 Å². The summed E-state index contributed by atoms with van der Waals surface area (Å²) in [4.78, 5) is 0. The van der Waals surface area contributed by atoms with Crippen LogP contribution in [0.3, 0.4) is 0 Å². The maximum atomic E-state index is 5.32. The average molecular weight is 210 g/mol. The molecule has 0 unspecified atom stereocenters. The van der Waals surface area contributed by atoms with E-state index in [9.17, 15) is 0 Å². The standard InChI is InChI=1S/C6H12O4S.C2H6/c1-3-7-11(8-4-1)9-5-2-6-10-11;1-2/h1-6H2;1-2H3. The second kappa shape index (κ2) is 5.82. The lowest BCUT2D eigenvalue weighted by atomic mass is 10.5. The molecule has 13 heavy (non-hydrogen) atoms. The normalized spacial score (nSPS) is 28.8. The van der Waals surface area contributed by atoms with Gasteiger partial charge in [0.2, 0.25) is 11.2 Å². The highest BCUT2D eigenvalue weighted by atomic mass is 32.3. The molecule has 0 atom stereocenters. The molecule has 2 rings (SSSR count). The Bertz CT molecular complexity index is 111. The van der Waals surface area contributed by atoms with Crippen LogP contribution in [0.1, 0.15) is 26.7 Å². The summed E-state index contributed by atoms with van der Waals surface area (Å²) in [6.07, 6.45) is 1.86. The molecule has 0 N–H and O–H groups in total. The first kappa shape index (κ1) is 11.3. The Morgan fingerprint density at radius 2 is 1.00 bits per heavy atom. The maximum Gasteiger partial charge on any atom is 0.224 e. The van der Waals surface area contributed by atoms with Gasteiger partial charge in [-0.3, -0.25) is 16.7 Å². The Labute approximate surface area is 81.6 Å². The van der Waals surface area contributed by atoms with Gasteiger partial charge in [-0.25, -0.2) is 0 Å². The van der Waals surface area contributed by atoms with Crippen molar-refractivity contribution in [2.24, 2.45) is 0 Å². The predicted molar refractivity (Wildman–Crippen MR) is 52.0 cm³/mol. The van der Waals surface area contributed by atoms with Crippen LogP contribution in [0.2, 0.25) is 0 Å². The van der Waals surface area contributed by atoms with Crippen LogP contribution >= 0.6 is 11.2 Å². The fourth-order valence-corrected chi connectivity index (χ4v) is 2.66. The molecule has 1 spiro atoms. The van der Waals surface area contributed by atoms with Gasteiger partial charge < -0.3 is 0 Å². The summed E-state index contributed by atoms with van der Waals surface area (Å²) < 4.78 is 21.3. The van der Waals surface area contributed by atoms with Gasteiger partial charge in [0.15, 0.2) is 0 Å². The van der Waals surface area contributed by atoms with E-state index in [4.69, 9.17) is 16.7 Å². The monoisotopic (exact) mass is 210 g/mol. The quantitative estimate of drug-likeness (QED) is 0.615. The molecular weight excluding hydrogens is 192 g/mol. The molecule has 2 aliphatic rings. The van der Waals surface area contributed by atoms with Crippen molar-refractivity contribution in [3.8, 4) is 0 Å². The lowest BCUT2D eigenvalue weighted by Gasteiger charge is -2.40. The summed E-state index contributed by atoms with van der Waals surface area (Å²) in [7, 11) is 0. The first-order valence-electron chi connectivity index (χ1n) is 4.82. The molecule has 0 aliphatic carbocycles. The Morgan fingerprint density at radius 3 is 1.31 bits per heavy atom. The highest BCUT2D eigenvalue weighted by molar-refractivity contribution is 8.17. The minimum absolute atomic E-state index is 0.690. The van der Waals surface area contributed by atoms with Gasteiger partial charge in [-0.05, 0) is 12.8 Å². The highest BCUT2D eigenvalue weighted by Gasteiger charge is 2.34. The van der Waals surface area contributed by atoms with Gasteiger partial charge in [-0.1, -0.05) is 13.8 Å². The van der Waals surface area contributed by atoms with Crippen molar-refractivity contribution < 1.29 is 16.7 Å². The molecule has 2 heterocycles. The second-order valence-corrected chi connectivity index (χ2v) is 4.16. The zero-order valence-corrected chi connectivity index (χ0v) is 9.10. The van der Waals surface area contributed by atoms with Crippen LogP contribution in [0.5, 0.6) is 0 Å². The Morgan fingerprint density at radius 1 is 0.692 bits per heavy atom. The molecule has 0 aromatic heterocycles. The molecule has 5 heteroatoms. The van der Waals surface area contributed by atoms with E-state index in [0.717, 1.165) is 12.8 Å². The van der Waals surface area contributed by atoms with Crippen LogP contribution in [0.4, 0.5) is 0 Å². The number of hydrogen-bond donors (Lipinski definition) is 0. The maximum absolute atomic E-state index is 5.32. The van der Waals surface area contributed by atoms with Crippen molar-refractivity contribution in [3.63, 3.8) is 0 Å². The zero-order chi connectivity index (χ0) is 9.57. The summed E-state index contributed by atoms with van der Waals surface area (Å²) in [5, 5.41) is 0. The van der Waals surface area contributed by atoms with Gasteiger partial charge >= 0.3 is 0 Å². The average Bonchev–Trinajstić information content (AvgIpc) is 2.23. The van der Waals surface area contributed by atoms with E-state index in [0.29, 0.717) is 26.4 Å². The molecule has 2 aliphatic heterocycles. The van der Waals surface area contributed by atoms with E-state index in [2.05, 4.69) is 0 Å². The molecule has 2 saturated heterocycles. The molecule has 0 saturated carbocycles. The summed E-state index contributed by atoms with van der Waals surface area (Å²) in [5.41, 5.74) is 0. The summed E-state index contributed by atoms with van der Waals surface area (Å²) in [6, 6.07) is 0. The minimum atomic E-state index is -2.00. The van der Waals surface area contributed by atoms with E-state index in [1.54, 1.807) is 0 Å². The molecule has 0 aromatic carbocycles. The molecule has 4 nitrogen and oxygen atoms in total. The van der Waals surface area contributed by atoms with Crippen molar-refractivity contribution in [2.75, 3.05) is 26.4 Å². The molecule has 0 aromatic rings. The lowest BCUT2D eigenvalue weighted by molar-refractivity contribution is 0.0341. The predicted octanol–water partition coefficient (Wildman–Crippen LogP) is 2.35. The third-order valence-corrected chi connectivity index (χ3v) is 3.31. The summed E-state index contributed by atoms with van der Waals surface area (Å²) in [6.45, 7) is 6.76. The molecular formula is C8H18O4S. The zero-order valence-electron chi connectivity index (χ0n) is 8.28. The highest BCUT2D eigenvalue weighted by Crippen LogP contribution is 2.56. The summed E-state index contributed by atoms with van der Waals surface area (Å²) >= 11 is -2.00.